The van der Waals surface area contributed by atoms with Crippen molar-refractivity contribution in [3.63, 3.8) is 0 Å². The van der Waals surface area contributed by atoms with Gasteiger partial charge in [-0.3, -0.25) is 0 Å². The van der Waals surface area contributed by atoms with Crippen molar-refractivity contribution < 1.29 is 13.5 Å². The van der Waals surface area contributed by atoms with Gasteiger partial charge in [-0.25, -0.2) is 8.78 Å². The lowest BCUT2D eigenvalue weighted by atomic mass is 10.0. The molecule has 7 nitrogen and oxygen atoms in total. The van der Waals surface area contributed by atoms with Crippen molar-refractivity contribution in [3.8, 4) is 12.1 Å². The number of rotatable bonds is 10. The van der Waals surface area contributed by atoms with Gasteiger partial charge in [0.2, 0.25) is 0 Å². The van der Waals surface area contributed by atoms with E-state index in [4.69, 9.17) is 10.5 Å². The lowest BCUT2D eigenvalue weighted by Gasteiger charge is -2.31. The van der Waals surface area contributed by atoms with E-state index in [0.29, 0.717) is 42.8 Å². The summed E-state index contributed by atoms with van der Waals surface area (Å²) in [4.78, 5) is 13.8. The zero-order valence-corrected chi connectivity index (χ0v) is 17.5. The van der Waals surface area contributed by atoms with Crippen LogP contribution in [-0.4, -0.2) is 52.0 Å². The molecule has 3 heterocycles. The van der Waals surface area contributed by atoms with Gasteiger partial charge in [0.15, 0.2) is 5.82 Å². The second-order valence-electron chi connectivity index (χ2n) is 7.92. The zero-order valence-electron chi connectivity index (χ0n) is 17.5. The Balaban J connectivity index is 1.57. The third kappa shape index (κ3) is 5.57. The third-order valence-corrected chi connectivity index (χ3v) is 5.58. The highest BCUT2D eigenvalue weighted by Crippen LogP contribution is 2.29. The van der Waals surface area contributed by atoms with Crippen molar-refractivity contribution in [2.75, 3.05) is 32.0 Å². The molecule has 0 unspecified atom stereocenters. The standard InChI is InChI=1S/C21H30F2N6O/c1-2-3-13-30-20-27-17-15(16(14-24)26-18(17)19(25)28-20)7-5-4-6-10-29-11-8-21(22,23)9-12-29/h26H,2-13H2,1H3,(H2,25,27,28). The van der Waals surface area contributed by atoms with Gasteiger partial charge in [-0.2, -0.15) is 15.2 Å². The van der Waals surface area contributed by atoms with Gasteiger partial charge in [-0.15, -0.1) is 0 Å². The summed E-state index contributed by atoms with van der Waals surface area (Å²) >= 11 is 0. The van der Waals surface area contributed by atoms with Gasteiger partial charge in [-0.1, -0.05) is 19.8 Å². The number of likely N-dealkylation sites (tertiary alicyclic amines) is 1. The number of nitriles is 1. The average Bonchev–Trinajstić information content (AvgIpc) is 3.07. The Bertz CT molecular complexity index is 882. The van der Waals surface area contributed by atoms with E-state index in [0.717, 1.165) is 44.2 Å². The number of ether oxygens (including phenoxy) is 1. The Labute approximate surface area is 175 Å². The van der Waals surface area contributed by atoms with Gasteiger partial charge in [-0.05, 0) is 32.2 Å². The molecule has 164 valence electrons. The van der Waals surface area contributed by atoms with Crippen molar-refractivity contribution in [2.45, 2.75) is 64.2 Å². The van der Waals surface area contributed by atoms with E-state index >= 15 is 0 Å². The van der Waals surface area contributed by atoms with Gasteiger partial charge in [0.05, 0.1) is 6.61 Å². The summed E-state index contributed by atoms with van der Waals surface area (Å²) in [6.07, 6.45) is 5.27. The van der Waals surface area contributed by atoms with E-state index in [2.05, 4.69) is 32.8 Å². The summed E-state index contributed by atoms with van der Waals surface area (Å²) in [5.41, 5.74) is 8.54. The topological polar surface area (TPSA) is 104 Å². The monoisotopic (exact) mass is 420 g/mol. The molecule has 2 aromatic rings. The van der Waals surface area contributed by atoms with Crippen molar-refractivity contribution >= 4 is 16.9 Å². The quantitative estimate of drug-likeness (QED) is 0.562. The fraction of sp³-hybridized carbons (Fsp3) is 0.667. The predicted molar refractivity (Wildman–Crippen MR) is 112 cm³/mol. The van der Waals surface area contributed by atoms with E-state index in [1.807, 2.05) is 0 Å². The molecule has 0 aromatic carbocycles. The molecule has 30 heavy (non-hydrogen) atoms. The fourth-order valence-corrected chi connectivity index (χ4v) is 3.75. The maximum atomic E-state index is 13.2. The molecule has 0 bridgehead atoms. The smallest absolute Gasteiger partial charge is 0.319 e. The normalized spacial score (nSPS) is 16.6. The first-order valence-electron chi connectivity index (χ1n) is 10.7. The Morgan fingerprint density at radius 1 is 1.20 bits per heavy atom. The van der Waals surface area contributed by atoms with Crippen LogP contribution in [0.15, 0.2) is 0 Å². The highest BCUT2D eigenvalue weighted by atomic mass is 19.3. The Kier molecular flexibility index (Phi) is 7.43. The minimum atomic E-state index is -2.50. The number of hydrogen-bond donors (Lipinski definition) is 2. The van der Waals surface area contributed by atoms with E-state index in [-0.39, 0.29) is 24.7 Å². The van der Waals surface area contributed by atoms with Gasteiger partial charge < -0.3 is 20.4 Å². The second-order valence-corrected chi connectivity index (χ2v) is 7.92. The number of aromatic amines is 1. The third-order valence-electron chi connectivity index (χ3n) is 5.58. The fourth-order valence-electron chi connectivity index (χ4n) is 3.75. The summed E-state index contributed by atoms with van der Waals surface area (Å²) in [6.45, 7) is 4.36. The Morgan fingerprint density at radius 2 is 1.97 bits per heavy atom. The average molecular weight is 421 g/mol. The molecule has 0 saturated carbocycles. The number of hydrogen-bond acceptors (Lipinski definition) is 6. The molecule has 0 atom stereocenters. The molecule has 1 aliphatic heterocycles. The van der Waals surface area contributed by atoms with Crippen molar-refractivity contribution in [1.29, 1.82) is 5.26 Å². The highest BCUT2D eigenvalue weighted by Gasteiger charge is 2.33. The SMILES string of the molecule is CCCCOc1nc(N)c2[nH]c(C#N)c(CCCCCN3CCC(F)(F)CC3)c2n1. The number of fused-ring (bicyclic) bond motifs is 1. The van der Waals surface area contributed by atoms with Crippen molar-refractivity contribution in [1.82, 2.24) is 19.9 Å². The van der Waals surface area contributed by atoms with Crippen LogP contribution in [0, 0.1) is 11.3 Å². The van der Waals surface area contributed by atoms with E-state index in [9.17, 15) is 14.0 Å². The minimum absolute atomic E-state index is 0.0440. The molecule has 1 fully saturated rings. The summed E-state index contributed by atoms with van der Waals surface area (Å²) in [5.74, 6) is -2.22. The van der Waals surface area contributed by atoms with Crippen LogP contribution < -0.4 is 10.5 Å². The van der Waals surface area contributed by atoms with Crippen LogP contribution in [0.4, 0.5) is 14.6 Å². The molecule has 0 spiro atoms. The van der Waals surface area contributed by atoms with Gasteiger partial charge in [0.1, 0.15) is 22.8 Å². The number of nitrogens with two attached hydrogens (primary N) is 1. The van der Waals surface area contributed by atoms with Crippen LogP contribution in [0.2, 0.25) is 0 Å². The molecule has 1 aliphatic rings. The van der Waals surface area contributed by atoms with Crippen molar-refractivity contribution in [3.05, 3.63) is 11.3 Å². The van der Waals surface area contributed by atoms with Crippen LogP contribution in [0.1, 0.15) is 63.1 Å². The summed E-state index contributed by atoms with van der Waals surface area (Å²) in [5, 5.41) is 9.50. The number of aromatic nitrogens is 3. The number of alkyl halides is 2. The van der Waals surface area contributed by atoms with Gasteiger partial charge in [0.25, 0.3) is 5.92 Å². The van der Waals surface area contributed by atoms with Crippen LogP contribution in [0.25, 0.3) is 11.0 Å². The Hall–Kier alpha value is -2.47. The lowest BCUT2D eigenvalue weighted by molar-refractivity contribution is -0.0552. The second kappa shape index (κ2) is 10.0. The van der Waals surface area contributed by atoms with Crippen LogP contribution in [-0.2, 0) is 6.42 Å². The van der Waals surface area contributed by atoms with Crippen LogP contribution in [0.3, 0.4) is 0 Å². The largest absolute Gasteiger partial charge is 0.463 e. The first-order valence-corrected chi connectivity index (χ1v) is 10.7. The highest BCUT2D eigenvalue weighted by molar-refractivity contribution is 5.89. The predicted octanol–water partition coefficient (Wildman–Crippen LogP) is 4.03. The molecule has 2 aromatic heterocycles. The van der Waals surface area contributed by atoms with Gasteiger partial charge >= 0.3 is 6.01 Å². The number of nitrogens with zero attached hydrogens (tertiary/aromatic N) is 4. The zero-order chi connectivity index (χ0) is 21.6. The first kappa shape index (κ1) is 22.2. The van der Waals surface area contributed by atoms with Crippen LogP contribution >= 0.6 is 0 Å². The number of anilines is 1. The summed E-state index contributed by atoms with van der Waals surface area (Å²) < 4.78 is 32.1. The number of nitrogens with one attached hydrogen (secondary N) is 1. The van der Waals surface area contributed by atoms with E-state index < -0.39 is 5.92 Å². The summed E-state index contributed by atoms with van der Waals surface area (Å²) in [7, 11) is 0. The minimum Gasteiger partial charge on any atom is -0.463 e. The molecule has 1 saturated heterocycles. The van der Waals surface area contributed by atoms with Crippen molar-refractivity contribution in [2.24, 2.45) is 0 Å². The molecule has 0 aliphatic carbocycles. The first-order chi connectivity index (χ1) is 14.4. The maximum Gasteiger partial charge on any atom is 0.319 e. The van der Waals surface area contributed by atoms with E-state index in [1.54, 1.807) is 0 Å². The molecule has 3 rings (SSSR count). The number of nitrogen functional groups attached to an aromatic ring is 1. The molecule has 0 radical (unpaired) electrons. The maximum absolute atomic E-state index is 13.2. The summed E-state index contributed by atoms with van der Waals surface area (Å²) in [6, 6.07) is 2.42. The number of H-pyrrole nitrogens is 1. The Morgan fingerprint density at radius 3 is 2.67 bits per heavy atom. The molecule has 3 N–H and O–H groups in total. The number of unbranched alkanes of at least 4 members (excludes halogenated alkanes) is 3. The molecular weight excluding hydrogens is 390 g/mol. The molecule has 0 amide bonds. The number of halogens is 2. The van der Waals surface area contributed by atoms with Crippen LogP contribution in [0.5, 0.6) is 6.01 Å². The van der Waals surface area contributed by atoms with Gasteiger partial charge in [0, 0.05) is 31.5 Å². The number of aryl methyl sites for hydroxylation is 1. The molecular formula is C21H30F2N6O. The lowest BCUT2D eigenvalue weighted by Crippen LogP contribution is -2.39. The number of piperidine rings is 1. The molecule has 9 heteroatoms. The van der Waals surface area contributed by atoms with E-state index in [1.165, 1.54) is 0 Å².